The molecule has 0 amide bonds. The number of sulfonamides is 1. The maximum atomic E-state index is 12.9. The van der Waals surface area contributed by atoms with E-state index in [9.17, 15) is 8.42 Å². The number of ether oxygens (including phenoxy) is 3. The Hall–Kier alpha value is -3.71. The summed E-state index contributed by atoms with van der Waals surface area (Å²) in [5.74, 6) is 2.00. The van der Waals surface area contributed by atoms with Crippen LogP contribution in [0.1, 0.15) is 0 Å². The highest BCUT2D eigenvalue weighted by molar-refractivity contribution is 7.92. The summed E-state index contributed by atoms with van der Waals surface area (Å²) in [6.07, 6.45) is 0. The second-order valence-electron chi connectivity index (χ2n) is 7.13. The van der Waals surface area contributed by atoms with Gasteiger partial charge in [-0.1, -0.05) is 30.3 Å². The molecule has 0 heterocycles. The van der Waals surface area contributed by atoms with Gasteiger partial charge in [-0.25, -0.2) is 8.42 Å². The van der Waals surface area contributed by atoms with Crippen LogP contribution in [-0.2, 0) is 10.0 Å². The van der Waals surface area contributed by atoms with Gasteiger partial charge < -0.3 is 14.2 Å². The van der Waals surface area contributed by atoms with E-state index in [0.717, 1.165) is 27.6 Å². The molecule has 1 N–H and O–H groups in total. The monoisotopic (exact) mass is 449 g/mol. The Morgan fingerprint density at radius 2 is 1.28 bits per heavy atom. The van der Waals surface area contributed by atoms with Gasteiger partial charge in [0.05, 0.1) is 26.2 Å². The summed E-state index contributed by atoms with van der Waals surface area (Å²) in [4.78, 5) is 0.194. The van der Waals surface area contributed by atoms with Gasteiger partial charge in [0.1, 0.15) is 5.75 Å². The van der Waals surface area contributed by atoms with E-state index in [1.807, 2.05) is 42.5 Å². The minimum Gasteiger partial charge on any atom is -0.497 e. The summed E-state index contributed by atoms with van der Waals surface area (Å²) < 4.78 is 44.3. The van der Waals surface area contributed by atoms with Crippen LogP contribution in [0.2, 0.25) is 0 Å². The molecule has 6 nitrogen and oxygen atoms in total. The largest absolute Gasteiger partial charge is 0.497 e. The third kappa shape index (κ3) is 4.33. The number of benzene rings is 4. The van der Waals surface area contributed by atoms with Crippen molar-refractivity contribution in [3.8, 4) is 28.4 Å². The molecule has 4 rings (SSSR count). The number of hydrogen-bond donors (Lipinski definition) is 1. The molecule has 164 valence electrons. The second kappa shape index (κ2) is 8.80. The maximum absolute atomic E-state index is 12.9. The molecule has 0 fully saturated rings. The van der Waals surface area contributed by atoms with Crippen molar-refractivity contribution in [2.24, 2.45) is 0 Å². The first-order valence-electron chi connectivity index (χ1n) is 9.86. The summed E-state index contributed by atoms with van der Waals surface area (Å²) in [7, 11) is 1.04. The van der Waals surface area contributed by atoms with Crippen LogP contribution >= 0.6 is 0 Å². The third-order valence-electron chi connectivity index (χ3n) is 5.18. The predicted molar refractivity (Wildman–Crippen MR) is 126 cm³/mol. The molecule has 4 aromatic carbocycles. The molecule has 0 bridgehead atoms. The van der Waals surface area contributed by atoms with Crippen molar-refractivity contribution in [2.75, 3.05) is 26.1 Å². The van der Waals surface area contributed by atoms with Gasteiger partial charge in [-0.2, -0.15) is 0 Å². The molecule has 32 heavy (non-hydrogen) atoms. The minimum atomic E-state index is -3.74. The van der Waals surface area contributed by atoms with E-state index in [1.54, 1.807) is 57.7 Å². The summed E-state index contributed by atoms with van der Waals surface area (Å²) >= 11 is 0. The zero-order valence-corrected chi connectivity index (χ0v) is 18.8. The van der Waals surface area contributed by atoms with Crippen molar-refractivity contribution in [2.45, 2.75) is 4.90 Å². The number of fused-ring (bicyclic) bond motifs is 1. The lowest BCUT2D eigenvalue weighted by molar-refractivity contribution is 0.355. The van der Waals surface area contributed by atoms with Gasteiger partial charge in [0, 0.05) is 5.69 Å². The van der Waals surface area contributed by atoms with Gasteiger partial charge >= 0.3 is 0 Å². The standard InChI is InChI=1S/C25H23NO5S/c1-29-22-11-6-19-15-23(12-7-18(19)14-22)32(27,28)26-21-9-4-17(5-10-21)20-8-13-24(30-2)25(16-20)31-3/h4-16,26H,1-3H3. The molecule has 0 aliphatic heterocycles. The highest BCUT2D eigenvalue weighted by Gasteiger charge is 2.15. The van der Waals surface area contributed by atoms with Gasteiger partial charge in [-0.15, -0.1) is 0 Å². The molecule has 0 aliphatic carbocycles. The van der Waals surface area contributed by atoms with Crippen LogP contribution in [-0.4, -0.2) is 29.7 Å². The zero-order chi connectivity index (χ0) is 22.7. The van der Waals surface area contributed by atoms with Crippen molar-refractivity contribution < 1.29 is 22.6 Å². The van der Waals surface area contributed by atoms with E-state index in [4.69, 9.17) is 14.2 Å². The molecule has 4 aromatic rings. The fraction of sp³-hybridized carbons (Fsp3) is 0.120. The first-order chi connectivity index (χ1) is 15.4. The van der Waals surface area contributed by atoms with Gasteiger partial charge in [-0.05, 0) is 70.4 Å². The summed E-state index contributed by atoms with van der Waals surface area (Å²) in [5.41, 5.74) is 2.33. The Kier molecular flexibility index (Phi) is 5.92. The fourth-order valence-electron chi connectivity index (χ4n) is 3.46. The van der Waals surface area contributed by atoms with Crippen molar-refractivity contribution in [1.82, 2.24) is 0 Å². The SMILES string of the molecule is COc1ccc2cc(S(=O)(=O)Nc3ccc(-c4ccc(OC)c(OC)c4)cc3)ccc2c1. The predicted octanol–water partition coefficient (Wildman–Crippen LogP) is 5.33. The molecule has 0 saturated heterocycles. The van der Waals surface area contributed by atoms with Crippen LogP contribution < -0.4 is 18.9 Å². The number of rotatable bonds is 7. The van der Waals surface area contributed by atoms with Gasteiger partial charge in [0.2, 0.25) is 0 Å². The Balaban J connectivity index is 1.57. The topological polar surface area (TPSA) is 73.9 Å². The number of anilines is 1. The number of nitrogens with one attached hydrogen (secondary N) is 1. The van der Waals surface area contributed by atoms with E-state index in [2.05, 4.69) is 4.72 Å². The van der Waals surface area contributed by atoms with Crippen molar-refractivity contribution in [1.29, 1.82) is 0 Å². The first-order valence-corrected chi connectivity index (χ1v) is 11.3. The number of hydrogen-bond acceptors (Lipinski definition) is 5. The van der Waals surface area contributed by atoms with Crippen molar-refractivity contribution in [3.63, 3.8) is 0 Å². The number of methoxy groups -OCH3 is 3. The molecular weight excluding hydrogens is 426 g/mol. The van der Waals surface area contributed by atoms with Gasteiger partial charge in [0.25, 0.3) is 10.0 Å². The van der Waals surface area contributed by atoms with Crippen LogP contribution in [0.5, 0.6) is 17.2 Å². The van der Waals surface area contributed by atoms with E-state index < -0.39 is 10.0 Å². The fourth-order valence-corrected chi connectivity index (χ4v) is 4.55. The Labute approximate surface area is 187 Å². The Morgan fingerprint density at radius 3 is 1.97 bits per heavy atom. The van der Waals surface area contributed by atoms with Crippen LogP contribution in [0.3, 0.4) is 0 Å². The smallest absolute Gasteiger partial charge is 0.261 e. The molecule has 0 spiro atoms. The first kappa shape index (κ1) is 21.5. The molecule has 0 radical (unpaired) electrons. The Bertz CT molecular complexity index is 1370. The average molecular weight is 450 g/mol. The van der Waals surface area contributed by atoms with Crippen molar-refractivity contribution in [3.05, 3.63) is 78.9 Å². The molecular formula is C25H23NO5S. The highest BCUT2D eigenvalue weighted by atomic mass is 32.2. The van der Waals surface area contributed by atoms with E-state index in [0.29, 0.717) is 17.2 Å². The molecule has 0 aromatic heterocycles. The molecule has 0 unspecified atom stereocenters. The van der Waals surface area contributed by atoms with Crippen LogP contribution in [0.4, 0.5) is 5.69 Å². The summed E-state index contributed by atoms with van der Waals surface area (Å²) in [6.45, 7) is 0. The van der Waals surface area contributed by atoms with E-state index in [-0.39, 0.29) is 4.90 Å². The van der Waals surface area contributed by atoms with Gasteiger partial charge in [-0.3, -0.25) is 4.72 Å². The quantitative estimate of drug-likeness (QED) is 0.413. The minimum absolute atomic E-state index is 0.194. The van der Waals surface area contributed by atoms with E-state index in [1.165, 1.54) is 0 Å². The van der Waals surface area contributed by atoms with Crippen LogP contribution in [0.25, 0.3) is 21.9 Å². The van der Waals surface area contributed by atoms with Crippen molar-refractivity contribution >= 4 is 26.5 Å². The third-order valence-corrected chi connectivity index (χ3v) is 6.56. The lowest BCUT2D eigenvalue weighted by Crippen LogP contribution is -2.12. The highest BCUT2D eigenvalue weighted by Crippen LogP contribution is 2.33. The molecule has 0 atom stereocenters. The second-order valence-corrected chi connectivity index (χ2v) is 8.81. The molecule has 0 aliphatic rings. The maximum Gasteiger partial charge on any atom is 0.261 e. The molecule has 0 saturated carbocycles. The summed E-state index contributed by atoms with van der Waals surface area (Å²) in [5, 5.41) is 1.72. The molecule has 7 heteroatoms. The normalized spacial score (nSPS) is 11.2. The van der Waals surface area contributed by atoms with Crippen LogP contribution in [0.15, 0.2) is 83.8 Å². The summed E-state index contributed by atoms with van der Waals surface area (Å²) in [6, 6.07) is 23.3. The zero-order valence-electron chi connectivity index (χ0n) is 18.0. The van der Waals surface area contributed by atoms with E-state index >= 15 is 0 Å². The lowest BCUT2D eigenvalue weighted by Gasteiger charge is -2.12. The van der Waals surface area contributed by atoms with Gasteiger partial charge in [0.15, 0.2) is 11.5 Å². The Morgan fingerprint density at radius 1 is 0.625 bits per heavy atom. The van der Waals surface area contributed by atoms with Crippen LogP contribution in [0, 0.1) is 0 Å². The average Bonchev–Trinajstić information content (AvgIpc) is 2.83. The lowest BCUT2D eigenvalue weighted by atomic mass is 10.0.